The van der Waals surface area contributed by atoms with E-state index in [4.69, 9.17) is 19.2 Å². The molecule has 2 aromatic rings. The number of nitrogens with one attached hydrogen (secondary N) is 1. The van der Waals surface area contributed by atoms with Crippen molar-refractivity contribution in [2.24, 2.45) is 5.92 Å². The van der Waals surface area contributed by atoms with Crippen molar-refractivity contribution >= 4 is 17.5 Å². The van der Waals surface area contributed by atoms with Gasteiger partial charge in [-0.2, -0.15) is 18.2 Å². The van der Waals surface area contributed by atoms with Gasteiger partial charge in [0.05, 0.1) is 26.4 Å². The molecule has 1 atom stereocenters. The SMILES string of the molecule is Cc1ccc(NC(=O)N2CCC(CC(F)(F)F)C2)cc1-c1cc(OC2CCOCC2)nc(N2CCOCC2)c1. The number of nitrogens with zero attached hydrogens (tertiary/aromatic N) is 3. The quantitative estimate of drug-likeness (QED) is 0.531. The molecule has 5 rings (SSSR count). The first-order valence-corrected chi connectivity index (χ1v) is 13.6. The molecular formula is C28H35F3N4O4. The van der Waals surface area contributed by atoms with Crippen LogP contribution in [0.25, 0.3) is 11.1 Å². The molecule has 0 aliphatic carbocycles. The van der Waals surface area contributed by atoms with Gasteiger partial charge in [-0.05, 0) is 54.2 Å². The first-order chi connectivity index (χ1) is 18.7. The molecule has 1 N–H and O–H groups in total. The number of morpholine rings is 1. The summed E-state index contributed by atoms with van der Waals surface area (Å²) >= 11 is 0. The van der Waals surface area contributed by atoms with Crippen molar-refractivity contribution in [1.29, 1.82) is 0 Å². The Hall–Kier alpha value is -3.05. The summed E-state index contributed by atoms with van der Waals surface area (Å²) in [6, 6.07) is 9.20. The van der Waals surface area contributed by atoms with E-state index < -0.39 is 18.5 Å². The summed E-state index contributed by atoms with van der Waals surface area (Å²) < 4.78 is 55.6. The highest BCUT2D eigenvalue weighted by atomic mass is 19.4. The third-order valence-electron chi connectivity index (χ3n) is 7.47. The van der Waals surface area contributed by atoms with E-state index in [1.165, 1.54) is 4.90 Å². The van der Waals surface area contributed by atoms with Gasteiger partial charge in [-0.15, -0.1) is 0 Å². The molecule has 1 aromatic heterocycles. The summed E-state index contributed by atoms with van der Waals surface area (Å²) in [6.07, 6.45) is -3.09. The smallest absolute Gasteiger partial charge is 0.389 e. The Labute approximate surface area is 226 Å². The highest BCUT2D eigenvalue weighted by Crippen LogP contribution is 2.34. The molecule has 39 heavy (non-hydrogen) atoms. The molecule has 0 bridgehead atoms. The molecule has 3 fully saturated rings. The van der Waals surface area contributed by atoms with Gasteiger partial charge >= 0.3 is 12.2 Å². The minimum absolute atomic E-state index is 0.0346. The topological polar surface area (TPSA) is 76.2 Å². The number of benzene rings is 1. The zero-order valence-electron chi connectivity index (χ0n) is 22.1. The largest absolute Gasteiger partial charge is 0.474 e. The van der Waals surface area contributed by atoms with Crippen LogP contribution < -0.4 is 15.0 Å². The number of urea groups is 1. The number of hydrogen-bond acceptors (Lipinski definition) is 6. The van der Waals surface area contributed by atoms with E-state index >= 15 is 0 Å². The summed E-state index contributed by atoms with van der Waals surface area (Å²) in [7, 11) is 0. The average molecular weight is 549 g/mol. The molecule has 1 aromatic carbocycles. The van der Waals surface area contributed by atoms with Crippen LogP contribution in [0.1, 0.15) is 31.2 Å². The number of pyridine rings is 1. The lowest BCUT2D eigenvalue weighted by Crippen LogP contribution is -2.37. The molecule has 3 saturated heterocycles. The van der Waals surface area contributed by atoms with E-state index in [1.807, 2.05) is 37.3 Å². The Balaban J connectivity index is 1.36. The maximum Gasteiger partial charge on any atom is 0.389 e. The van der Waals surface area contributed by atoms with Crippen LogP contribution in [-0.4, -0.2) is 80.8 Å². The van der Waals surface area contributed by atoms with Gasteiger partial charge in [-0.25, -0.2) is 4.79 Å². The molecule has 212 valence electrons. The molecule has 11 heteroatoms. The molecule has 8 nitrogen and oxygen atoms in total. The summed E-state index contributed by atoms with van der Waals surface area (Å²) in [4.78, 5) is 21.3. The lowest BCUT2D eigenvalue weighted by molar-refractivity contribution is -0.143. The van der Waals surface area contributed by atoms with Crippen molar-refractivity contribution in [3.8, 4) is 17.0 Å². The number of carbonyl (C=O) groups is 1. The highest BCUT2D eigenvalue weighted by molar-refractivity contribution is 5.90. The van der Waals surface area contributed by atoms with Gasteiger partial charge in [0.2, 0.25) is 5.88 Å². The van der Waals surface area contributed by atoms with E-state index in [0.29, 0.717) is 51.0 Å². The van der Waals surface area contributed by atoms with Gasteiger partial charge < -0.3 is 29.3 Å². The molecule has 2 amide bonds. The number of rotatable bonds is 6. The number of halogens is 3. The van der Waals surface area contributed by atoms with Crippen LogP contribution in [0, 0.1) is 12.8 Å². The van der Waals surface area contributed by atoms with Crippen molar-refractivity contribution in [3.05, 3.63) is 35.9 Å². The second-order valence-corrected chi connectivity index (χ2v) is 10.5. The third-order valence-corrected chi connectivity index (χ3v) is 7.47. The Bertz CT molecular complexity index is 1150. The minimum Gasteiger partial charge on any atom is -0.474 e. The van der Waals surface area contributed by atoms with Gasteiger partial charge in [0.15, 0.2) is 0 Å². The van der Waals surface area contributed by atoms with Crippen LogP contribution in [0.4, 0.5) is 29.5 Å². The fourth-order valence-electron chi connectivity index (χ4n) is 5.35. The lowest BCUT2D eigenvalue weighted by Gasteiger charge is -2.29. The van der Waals surface area contributed by atoms with Crippen molar-refractivity contribution in [2.45, 2.75) is 44.9 Å². The Morgan fingerprint density at radius 2 is 1.79 bits per heavy atom. The van der Waals surface area contributed by atoms with E-state index in [9.17, 15) is 18.0 Å². The zero-order valence-corrected chi connectivity index (χ0v) is 22.1. The number of aromatic nitrogens is 1. The van der Waals surface area contributed by atoms with Crippen molar-refractivity contribution in [1.82, 2.24) is 9.88 Å². The number of ether oxygens (including phenoxy) is 3. The van der Waals surface area contributed by atoms with E-state index in [2.05, 4.69) is 10.2 Å². The minimum atomic E-state index is -4.22. The normalized spacial score (nSPS) is 20.8. The van der Waals surface area contributed by atoms with Crippen LogP contribution in [0.2, 0.25) is 0 Å². The first kappa shape index (κ1) is 27.5. The Morgan fingerprint density at radius 1 is 1.05 bits per heavy atom. The monoisotopic (exact) mass is 548 g/mol. The van der Waals surface area contributed by atoms with Crippen LogP contribution in [0.5, 0.6) is 5.88 Å². The summed E-state index contributed by atoms with van der Waals surface area (Å²) in [5.41, 5.74) is 3.42. The summed E-state index contributed by atoms with van der Waals surface area (Å²) in [5.74, 6) is 0.788. The van der Waals surface area contributed by atoms with Gasteiger partial charge in [-0.3, -0.25) is 0 Å². The number of likely N-dealkylation sites (tertiary alicyclic amines) is 1. The van der Waals surface area contributed by atoms with Crippen molar-refractivity contribution in [3.63, 3.8) is 0 Å². The number of carbonyl (C=O) groups excluding carboxylic acids is 1. The van der Waals surface area contributed by atoms with Crippen molar-refractivity contribution < 1.29 is 32.2 Å². The van der Waals surface area contributed by atoms with Gasteiger partial charge in [0, 0.05) is 57.2 Å². The van der Waals surface area contributed by atoms with E-state index in [-0.39, 0.29) is 18.7 Å². The van der Waals surface area contributed by atoms with Crippen LogP contribution in [0.15, 0.2) is 30.3 Å². The highest BCUT2D eigenvalue weighted by Gasteiger charge is 2.36. The van der Waals surface area contributed by atoms with E-state index in [1.54, 1.807) is 0 Å². The van der Waals surface area contributed by atoms with Crippen LogP contribution in [-0.2, 0) is 9.47 Å². The Kier molecular flexibility index (Phi) is 8.46. The van der Waals surface area contributed by atoms with Gasteiger partial charge in [0.1, 0.15) is 11.9 Å². The van der Waals surface area contributed by atoms with Gasteiger partial charge in [0.25, 0.3) is 0 Å². The van der Waals surface area contributed by atoms with E-state index in [0.717, 1.165) is 48.4 Å². The molecule has 0 radical (unpaired) electrons. The standard InChI is InChI=1S/C28H35F3N4O4/c1-19-2-3-22(32-27(36)35-7-4-20(18-35)17-28(29,30)31)16-24(19)21-14-25(34-8-12-38-13-9-34)33-26(15-21)39-23-5-10-37-11-6-23/h2-3,14-16,20,23H,4-13,17-18H2,1H3,(H,32,36). The second kappa shape index (κ2) is 12.0. The third kappa shape index (κ3) is 7.33. The fourth-order valence-corrected chi connectivity index (χ4v) is 5.35. The Morgan fingerprint density at radius 3 is 2.54 bits per heavy atom. The number of aryl methyl sites for hydroxylation is 1. The predicted octanol–water partition coefficient (Wildman–Crippen LogP) is 5.26. The lowest BCUT2D eigenvalue weighted by atomic mass is 10.00. The molecule has 1 unspecified atom stereocenters. The number of alkyl halides is 3. The predicted molar refractivity (Wildman–Crippen MR) is 141 cm³/mol. The fraction of sp³-hybridized carbons (Fsp3) is 0.571. The average Bonchev–Trinajstić information content (AvgIpc) is 3.38. The maximum atomic E-state index is 12.9. The van der Waals surface area contributed by atoms with Crippen LogP contribution in [0.3, 0.4) is 0 Å². The molecule has 0 spiro atoms. The van der Waals surface area contributed by atoms with Crippen LogP contribution >= 0.6 is 0 Å². The molecular weight excluding hydrogens is 513 g/mol. The maximum absolute atomic E-state index is 12.9. The molecule has 3 aliphatic heterocycles. The molecule has 0 saturated carbocycles. The first-order valence-electron chi connectivity index (χ1n) is 13.6. The number of amides is 2. The molecule has 3 aliphatic rings. The summed E-state index contributed by atoms with van der Waals surface area (Å²) in [5, 5.41) is 2.88. The second-order valence-electron chi connectivity index (χ2n) is 10.5. The molecule has 4 heterocycles. The summed E-state index contributed by atoms with van der Waals surface area (Å²) in [6.45, 7) is 6.45. The zero-order chi connectivity index (χ0) is 27.4. The van der Waals surface area contributed by atoms with Gasteiger partial charge in [-0.1, -0.05) is 6.07 Å². The van der Waals surface area contributed by atoms with Crippen molar-refractivity contribution in [2.75, 3.05) is 62.8 Å². The number of anilines is 2. The number of hydrogen-bond donors (Lipinski definition) is 1.